The number of benzene rings is 1. The van der Waals surface area contributed by atoms with Crippen LogP contribution in [-0.2, 0) is 6.42 Å². The Kier molecular flexibility index (Phi) is 3.65. The summed E-state index contributed by atoms with van der Waals surface area (Å²) in [5.74, 6) is 1.94. The van der Waals surface area contributed by atoms with Gasteiger partial charge in [-0.1, -0.05) is 50.3 Å². The summed E-state index contributed by atoms with van der Waals surface area (Å²) < 4.78 is 5.39. The Balaban J connectivity index is 2.02. The molecule has 1 saturated carbocycles. The van der Waals surface area contributed by atoms with E-state index in [-0.39, 0.29) is 0 Å². The van der Waals surface area contributed by atoms with Gasteiger partial charge in [0.05, 0.1) is 7.11 Å². The van der Waals surface area contributed by atoms with Gasteiger partial charge in [0, 0.05) is 0 Å². The second kappa shape index (κ2) is 5.20. The Morgan fingerprint density at radius 3 is 2.60 bits per heavy atom. The van der Waals surface area contributed by atoms with Crippen molar-refractivity contribution in [1.82, 2.24) is 0 Å². The summed E-state index contributed by atoms with van der Waals surface area (Å²) in [5.41, 5.74) is 1.38. The molecular weight excluding hydrogens is 184 g/mol. The number of ether oxygens (including phenoxy) is 1. The Morgan fingerprint density at radius 1 is 1.13 bits per heavy atom. The van der Waals surface area contributed by atoms with Crippen molar-refractivity contribution in [2.24, 2.45) is 5.92 Å². The summed E-state index contributed by atoms with van der Waals surface area (Å²) >= 11 is 0. The zero-order chi connectivity index (χ0) is 10.5. The van der Waals surface area contributed by atoms with Crippen molar-refractivity contribution in [3.8, 4) is 5.75 Å². The average Bonchev–Trinajstić information content (AvgIpc) is 2.31. The van der Waals surface area contributed by atoms with Gasteiger partial charge in [-0.25, -0.2) is 0 Å². The molecule has 0 aromatic heterocycles. The van der Waals surface area contributed by atoms with Crippen LogP contribution in [0.4, 0.5) is 0 Å². The molecule has 0 atom stereocenters. The van der Waals surface area contributed by atoms with Crippen molar-refractivity contribution >= 4 is 0 Å². The van der Waals surface area contributed by atoms with Gasteiger partial charge in [-0.05, 0) is 24.0 Å². The summed E-state index contributed by atoms with van der Waals surface area (Å²) in [5, 5.41) is 0. The van der Waals surface area contributed by atoms with Gasteiger partial charge in [0.2, 0.25) is 0 Å². The third-order valence-corrected chi connectivity index (χ3v) is 3.43. The van der Waals surface area contributed by atoms with Crippen LogP contribution in [0.25, 0.3) is 0 Å². The van der Waals surface area contributed by atoms with Gasteiger partial charge in [-0.2, -0.15) is 0 Å². The van der Waals surface area contributed by atoms with E-state index in [0.29, 0.717) is 0 Å². The lowest BCUT2D eigenvalue weighted by Gasteiger charge is -2.22. The maximum absolute atomic E-state index is 5.39. The smallest absolute Gasteiger partial charge is 0.122 e. The quantitative estimate of drug-likeness (QED) is 0.727. The Hall–Kier alpha value is -0.980. The summed E-state index contributed by atoms with van der Waals surface area (Å²) in [6.45, 7) is 0. The molecular formula is C14H20O. The first-order chi connectivity index (χ1) is 7.40. The molecule has 0 bridgehead atoms. The lowest BCUT2D eigenvalue weighted by atomic mass is 9.85. The van der Waals surface area contributed by atoms with Crippen molar-refractivity contribution in [1.29, 1.82) is 0 Å². The van der Waals surface area contributed by atoms with Crippen LogP contribution in [0.1, 0.15) is 37.7 Å². The van der Waals surface area contributed by atoms with Crippen LogP contribution in [0.5, 0.6) is 5.75 Å². The molecule has 1 aromatic rings. The highest BCUT2D eigenvalue weighted by atomic mass is 16.5. The van der Waals surface area contributed by atoms with Crippen LogP contribution in [0, 0.1) is 5.92 Å². The maximum atomic E-state index is 5.39. The minimum absolute atomic E-state index is 0.884. The molecule has 82 valence electrons. The Labute approximate surface area is 92.5 Å². The maximum Gasteiger partial charge on any atom is 0.122 e. The van der Waals surface area contributed by atoms with Crippen LogP contribution in [-0.4, -0.2) is 7.11 Å². The van der Waals surface area contributed by atoms with E-state index in [2.05, 4.69) is 18.2 Å². The molecule has 0 saturated heterocycles. The highest BCUT2D eigenvalue weighted by Gasteiger charge is 2.15. The zero-order valence-electron chi connectivity index (χ0n) is 9.54. The fraction of sp³-hybridized carbons (Fsp3) is 0.571. The van der Waals surface area contributed by atoms with Crippen LogP contribution >= 0.6 is 0 Å². The predicted molar refractivity (Wildman–Crippen MR) is 63.3 cm³/mol. The second-order valence-electron chi connectivity index (χ2n) is 4.52. The lowest BCUT2D eigenvalue weighted by molar-refractivity contribution is 0.348. The van der Waals surface area contributed by atoms with Crippen LogP contribution in [0.15, 0.2) is 24.3 Å². The fourth-order valence-corrected chi connectivity index (χ4v) is 2.57. The number of methoxy groups -OCH3 is 1. The standard InChI is InChI=1S/C14H20O/c1-15-14-10-6-5-9-13(14)11-12-7-3-2-4-8-12/h5-6,9-10,12H,2-4,7-8,11H2,1H3. The van der Waals surface area contributed by atoms with Gasteiger partial charge in [-0.3, -0.25) is 0 Å². The Morgan fingerprint density at radius 2 is 1.87 bits per heavy atom. The number of rotatable bonds is 3. The molecule has 15 heavy (non-hydrogen) atoms. The molecule has 1 aliphatic rings. The van der Waals surface area contributed by atoms with Crippen molar-refractivity contribution in [3.05, 3.63) is 29.8 Å². The highest BCUT2D eigenvalue weighted by molar-refractivity contribution is 5.33. The largest absolute Gasteiger partial charge is 0.496 e. The number of hydrogen-bond donors (Lipinski definition) is 0. The normalized spacial score (nSPS) is 17.7. The van der Waals surface area contributed by atoms with Crippen LogP contribution < -0.4 is 4.74 Å². The average molecular weight is 204 g/mol. The van der Waals surface area contributed by atoms with Crippen molar-refractivity contribution in [2.45, 2.75) is 38.5 Å². The van der Waals surface area contributed by atoms with Gasteiger partial charge >= 0.3 is 0 Å². The first-order valence-corrected chi connectivity index (χ1v) is 6.02. The monoisotopic (exact) mass is 204 g/mol. The SMILES string of the molecule is COc1ccccc1CC1CCCCC1. The van der Waals surface area contributed by atoms with Gasteiger partial charge in [0.1, 0.15) is 5.75 Å². The molecule has 1 heteroatoms. The molecule has 0 heterocycles. The zero-order valence-corrected chi connectivity index (χ0v) is 9.54. The first-order valence-electron chi connectivity index (χ1n) is 6.02. The summed E-state index contributed by atoms with van der Waals surface area (Å²) in [7, 11) is 1.76. The molecule has 1 fully saturated rings. The molecule has 1 aliphatic carbocycles. The minimum atomic E-state index is 0.884. The number of hydrogen-bond acceptors (Lipinski definition) is 1. The molecule has 1 aromatic carbocycles. The third kappa shape index (κ3) is 2.74. The molecule has 2 rings (SSSR count). The third-order valence-electron chi connectivity index (χ3n) is 3.43. The van der Waals surface area contributed by atoms with E-state index in [0.717, 1.165) is 11.7 Å². The topological polar surface area (TPSA) is 9.23 Å². The van der Waals surface area contributed by atoms with E-state index < -0.39 is 0 Å². The summed E-state index contributed by atoms with van der Waals surface area (Å²) in [6, 6.07) is 8.43. The van der Waals surface area contributed by atoms with E-state index >= 15 is 0 Å². The summed E-state index contributed by atoms with van der Waals surface area (Å²) in [4.78, 5) is 0. The molecule has 0 unspecified atom stereocenters. The minimum Gasteiger partial charge on any atom is -0.496 e. The molecule has 0 spiro atoms. The highest BCUT2D eigenvalue weighted by Crippen LogP contribution is 2.29. The van der Waals surface area contributed by atoms with Gasteiger partial charge in [0.25, 0.3) is 0 Å². The van der Waals surface area contributed by atoms with Crippen LogP contribution in [0.2, 0.25) is 0 Å². The van der Waals surface area contributed by atoms with E-state index in [1.165, 1.54) is 44.1 Å². The van der Waals surface area contributed by atoms with Crippen molar-refractivity contribution < 1.29 is 4.74 Å². The summed E-state index contributed by atoms with van der Waals surface area (Å²) in [6.07, 6.45) is 8.27. The second-order valence-corrected chi connectivity index (χ2v) is 4.52. The van der Waals surface area contributed by atoms with E-state index in [4.69, 9.17) is 4.74 Å². The molecule has 0 amide bonds. The molecule has 1 nitrogen and oxygen atoms in total. The van der Waals surface area contributed by atoms with Gasteiger partial charge in [0.15, 0.2) is 0 Å². The molecule has 0 aliphatic heterocycles. The van der Waals surface area contributed by atoms with E-state index in [9.17, 15) is 0 Å². The first kappa shape index (κ1) is 10.5. The Bertz CT molecular complexity index is 300. The van der Waals surface area contributed by atoms with Gasteiger partial charge < -0.3 is 4.74 Å². The van der Waals surface area contributed by atoms with Crippen LogP contribution in [0.3, 0.4) is 0 Å². The molecule has 0 N–H and O–H groups in total. The predicted octanol–water partition coefficient (Wildman–Crippen LogP) is 3.82. The molecule has 0 radical (unpaired) electrons. The van der Waals surface area contributed by atoms with Crippen molar-refractivity contribution in [2.75, 3.05) is 7.11 Å². The fourth-order valence-electron chi connectivity index (χ4n) is 2.57. The van der Waals surface area contributed by atoms with E-state index in [1.807, 2.05) is 6.07 Å². The lowest BCUT2D eigenvalue weighted by Crippen LogP contribution is -2.09. The van der Waals surface area contributed by atoms with Gasteiger partial charge in [-0.15, -0.1) is 0 Å². The number of para-hydroxylation sites is 1. The van der Waals surface area contributed by atoms with E-state index in [1.54, 1.807) is 7.11 Å². The van der Waals surface area contributed by atoms with Crippen molar-refractivity contribution in [3.63, 3.8) is 0 Å².